The molecule has 0 aromatic heterocycles. The Bertz CT molecular complexity index is 452. The van der Waals surface area contributed by atoms with E-state index in [1.807, 2.05) is 0 Å². The number of rotatable bonds is 6. The molecular weight excluding hydrogens is 266 g/mol. The summed E-state index contributed by atoms with van der Waals surface area (Å²) >= 11 is 5.76. The zero-order valence-corrected chi connectivity index (χ0v) is 11.8. The molecule has 0 fully saturated rings. The highest BCUT2D eigenvalue weighted by molar-refractivity contribution is 6.30. The van der Waals surface area contributed by atoms with E-state index in [1.165, 1.54) is 0 Å². The van der Waals surface area contributed by atoms with Crippen LogP contribution in [0.1, 0.15) is 32.3 Å². The van der Waals surface area contributed by atoms with Crippen molar-refractivity contribution in [2.75, 3.05) is 0 Å². The van der Waals surface area contributed by atoms with E-state index in [2.05, 4.69) is 5.32 Å². The van der Waals surface area contributed by atoms with E-state index in [1.54, 1.807) is 38.1 Å². The summed E-state index contributed by atoms with van der Waals surface area (Å²) < 4.78 is 0. The number of amides is 1. The van der Waals surface area contributed by atoms with Crippen LogP contribution in [0.25, 0.3) is 0 Å². The Kier molecular flexibility index (Phi) is 5.36. The van der Waals surface area contributed by atoms with Gasteiger partial charge in [-0.1, -0.05) is 37.6 Å². The van der Waals surface area contributed by atoms with Gasteiger partial charge in [-0.2, -0.15) is 0 Å². The van der Waals surface area contributed by atoms with Crippen LogP contribution >= 0.6 is 11.6 Å². The molecule has 1 rings (SSSR count). The van der Waals surface area contributed by atoms with Gasteiger partial charge in [0.05, 0.1) is 6.42 Å². The minimum absolute atomic E-state index is 0.145. The van der Waals surface area contributed by atoms with Gasteiger partial charge < -0.3 is 10.4 Å². The van der Waals surface area contributed by atoms with Crippen LogP contribution in [0, 0.1) is 0 Å². The maximum Gasteiger partial charge on any atom is 0.329 e. The van der Waals surface area contributed by atoms with Crippen LogP contribution < -0.4 is 5.32 Å². The quantitative estimate of drug-likeness (QED) is 0.843. The van der Waals surface area contributed by atoms with E-state index in [9.17, 15) is 14.7 Å². The van der Waals surface area contributed by atoms with Crippen LogP contribution in [0.3, 0.4) is 0 Å². The Morgan fingerprint density at radius 2 is 1.74 bits per heavy atom. The lowest BCUT2D eigenvalue weighted by atomic mass is 9.92. The molecule has 19 heavy (non-hydrogen) atoms. The van der Waals surface area contributed by atoms with Gasteiger partial charge in [0.25, 0.3) is 0 Å². The summed E-state index contributed by atoms with van der Waals surface area (Å²) in [6, 6.07) is 6.91. The molecule has 0 saturated carbocycles. The second kappa shape index (κ2) is 6.57. The van der Waals surface area contributed by atoms with Crippen molar-refractivity contribution in [1.29, 1.82) is 0 Å². The van der Waals surface area contributed by atoms with Gasteiger partial charge in [0.2, 0.25) is 5.91 Å². The van der Waals surface area contributed by atoms with E-state index >= 15 is 0 Å². The van der Waals surface area contributed by atoms with Gasteiger partial charge in [-0.05, 0) is 30.5 Å². The van der Waals surface area contributed by atoms with Crippen LogP contribution in [-0.2, 0) is 16.0 Å². The molecule has 0 radical (unpaired) electrons. The summed E-state index contributed by atoms with van der Waals surface area (Å²) in [6.45, 7) is 3.50. The first-order valence-corrected chi connectivity index (χ1v) is 6.60. The highest BCUT2D eigenvalue weighted by atomic mass is 35.5. The number of halogens is 1. The number of hydrogen-bond acceptors (Lipinski definition) is 2. The summed E-state index contributed by atoms with van der Waals surface area (Å²) in [4.78, 5) is 23.2. The third-order valence-corrected chi connectivity index (χ3v) is 3.53. The van der Waals surface area contributed by atoms with Gasteiger partial charge in [0.1, 0.15) is 5.54 Å². The lowest BCUT2D eigenvalue weighted by Crippen LogP contribution is -2.54. The van der Waals surface area contributed by atoms with Gasteiger partial charge in [-0.15, -0.1) is 0 Å². The molecule has 0 saturated heterocycles. The Labute approximate surface area is 117 Å². The number of hydrogen-bond donors (Lipinski definition) is 2. The first-order valence-electron chi connectivity index (χ1n) is 6.22. The van der Waals surface area contributed by atoms with Crippen LogP contribution in [0.15, 0.2) is 24.3 Å². The van der Waals surface area contributed by atoms with Crippen molar-refractivity contribution in [2.24, 2.45) is 0 Å². The molecule has 4 nitrogen and oxygen atoms in total. The molecule has 2 N–H and O–H groups in total. The molecule has 0 heterocycles. The Hall–Kier alpha value is -1.55. The van der Waals surface area contributed by atoms with Crippen molar-refractivity contribution >= 4 is 23.5 Å². The number of carboxylic acids is 1. The third kappa shape index (κ3) is 3.96. The molecule has 0 spiro atoms. The summed E-state index contributed by atoms with van der Waals surface area (Å²) in [6.07, 6.45) is 0.850. The fourth-order valence-corrected chi connectivity index (χ4v) is 2.01. The number of carbonyl (C=O) groups excluding carboxylic acids is 1. The number of carboxylic acid groups (broad SMARTS) is 1. The standard InChI is InChI=1S/C14H18ClNO3/c1-3-14(4-2,13(18)19)16-12(17)9-10-5-7-11(15)8-6-10/h5-8H,3-4,9H2,1-2H3,(H,16,17)(H,18,19). The minimum Gasteiger partial charge on any atom is -0.480 e. The zero-order valence-electron chi connectivity index (χ0n) is 11.1. The van der Waals surface area contributed by atoms with Crippen LogP contribution in [-0.4, -0.2) is 22.5 Å². The van der Waals surface area contributed by atoms with E-state index in [4.69, 9.17) is 11.6 Å². The Morgan fingerprint density at radius 1 is 1.21 bits per heavy atom. The highest BCUT2D eigenvalue weighted by Gasteiger charge is 2.36. The SMILES string of the molecule is CCC(CC)(NC(=O)Cc1ccc(Cl)cc1)C(=O)O. The van der Waals surface area contributed by atoms with Crippen molar-refractivity contribution in [2.45, 2.75) is 38.6 Å². The van der Waals surface area contributed by atoms with Crippen molar-refractivity contribution in [1.82, 2.24) is 5.32 Å². The monoisotopic (exact) mass is 283 g/mol. The molecule has 5 heteroatoms. The molecule has 104 valence electrons. The number of benzene rings is 1. The summed E-state index contributed by atoms with van der Waals surface area (Å²) in [5.41, 5.74) is -0.378. The fourth-order valence-electron chi connectivity index (χ4n) is 1.88. The first kappa shape index (κ1) is 15.5. The zero-order chi connectivity index (χ0) is 14.5. The molecule has 0 bridgehead atoms. The van der Waals surface area contributed by atoms with Crippen molar-refractivity contribution in [3.63, 3.8) is 0 Å². The van der Waals surface area contributed by atoms with Crippen LogP contribution in [0.4, 0.5) is 0 Å². The predicted octanol–water partition coefficient (Wildman–Crippen LogP) is 2.64. The molecule has 0 aliphatic rings. The summed E-state index contributed by atoms with van der Waals surface area (Å²) in [7, 11) is 0. The molecule has 1 amide bonds. The highest BCUT2D eigenvalue weighted by Crippen LogP contribution is 2.16. The lowest BCUT2D eigenvalue weighted by molar-refractivity contribution is -0.148. The molecule has 0 aliphatic carbocycles. The second-order valence-corrected chi connectivity index (χ2v) is 4.88. The molecule has 0 atom stereocenters. The van der Waals surface area contributed by atoms with Crippen molar-refractivity contribution in [3.05, 3.63) is 34.9 Å². The molecule has 0 unspecified atom stereocenters. The normalized spacial score (nSPS) is 11.1. The van der Waals surface area contributed by atoms with Crippen molar-refractivity contribution < 1.29 is 14.7 Å². The van der Waals surface area contributed by atoms with Gasteiger partial charge in [-0.3, -0.25) is 4.79 Å². The van der Waals surface area contributed by atoms with Gasteiger partial charge >= 0.3 is 5.97 Å². The van der Waals surface area contributed by atoms with Gasteiger partial charge in [0.15, 0.2) is 0 Å². The maximum absolute atomic E-state index is 11.9. The second-order valence-electron chi connectivity index (χ2n) is 4.45. The third-order valence-electron chi connectivity index (χ3n) is 3.27. The summed E-state index contributed by atoms with van der Waals surface area (Å²) in [5.74, 6) is -1.30. The Morgan fingerprint density at radius 3 is 2.16 bits per heavy atom. The summed E-state index contributed by atoms with van der Waals surface area (Å²) in [5, 5.41) is 12.5. The average molecular weight is 284 g/mol. The maximum atomic E-state index is 11.9. The topological polar surface area (TPSA) is 66.4 Å². The molecule has 0 aliphatic heterocycles. The van der Waals surface area contributed by atoms with E-state index in [-0.39, 0.29) is 12.3 Å². The molecule has 1 aromatic rings. The number of aliphatic carboxylic acids is 1. The van der Waals surface area contributed by atoms with Crippen LogP contribution in [0.2, 0.25) is 5.02 Å². The van der Waals surface area contributed by atoms with Gasteiger partial charge in [-0.25, -0.2) is 4.79 Å². The van der Waals surface area contributed by atoms with E-state index in [0.29, 0.717) is 17.9 Å². The van der Waals surface area contributed by atoms with E-state index < -0.39 is 11.5 Å². The first-order chi connectivity index (χ1) is 8.93. The Balaban J connectivity index is 2.73. The number of carbonyl (C=O) groups is 2. The van der Waals surface area contributed by atoms with Crippen molar-refractivity contribution in [3.8, 4) is 0 Å². The average Bonchev–Trinajstić information content (AvgIpc) is 2.38. The lowest BCUT2D eigenvalue weighted by Gasteiger charge is -2.28. The largest absolute Gasteiger partial charge is 0.480 e. The number of nitrogens with one attached hydrogen (secondary N) is 1. The van der Waals surface area contributed by atoms with Gasteiger partial charge in [0, 0.05) is 5.02 Å². The minimum atomic E-state index is -1.18. The molecular formula is C14H18ClNO3. The fraction of sp³-hybridized carbons (Fsp3) is 0.429. The van der Waals surface area contributed by atoms with E-state index in [0.717, 1.165) is 5.56 Å². The predicted molar refractivity (Wildman–Crippen MR) is 74.2 cm³/mol. The smallest absolute Gasteiger partial charge is 0.329 e. The molecule has 1 aromatic carbocycles. The van der Waals surface area contributed by atoms with Crippen LogP contribution in [0.5, 0.6) is 0 Å².